The second kappa shape index (κ2) is 9.10. The third-order valence-corrected chi connectivity index (χ3v) is 4.26. The number of hydrogen-bond acceptors (Lipinski definition) is 5. The van der Waals surface area contributed by atoms with Crippen molar-refractivity contribution in [1.29, 1.82) is 0 Å². The molecule has 0 aliphatic heterocycles. The van der Waals surface area contributed by atoms with Crippen LogP contribution in [0.15, 0.2) is 60.8 Å². The number of rotatable bonds is 7. The van der Waals surface area contributed by atoms with E-state index in [1.165, 1.54) is 0 Å². The minimum atomic E-state index is -0.202. The maximum atomic E-state index is 12.5. The van der Waals surface area contributed by atoms with E-state index in [0.29, 0.717) is 34.4 Å². The first kappa shape index (κ1) is 19.5. The molecule has 144 valence electrons. The molecule has 3 aromatic rings. The lowest BCUT2D eigenvalue weighted by Crippen LogP contribution is -2.23. The highest BCUT2D eigenvalue weighted by molar-refractivity contribution is 6.30. The van der Waals surface area contributed by atoms with Gasteiger partial charge in [-0.25, -0.2) is 4.98 Å². The van der Waals surface area contributed by atoms with Crippen LogP contribution in [0, 0.1) is 0 Å². The number of nitrogens with zero attached hydrogens (tertiary/aromatic N) is 1. The SMILES string of the molecule is COc1ccc(CNC(=O)c2ccnc(Nc3cccc(Cl)c3)c2)cc1OC. The molecule has 6 nitrogen and oxygen atoms in total. The minimum absolute atomic E-state index is 0.202. The lowest BCUT2D eigenvalue weighted by Gasteiger charge is -2.11. The monoisotopic (exact) mass is 397 g/mol. The van der Waals surface area contributed by atoms with Gasteiger partial charge in [-0.15, -0.1) is 0 Å². The highest BCUT2D eigenvalue weighted by atomic mass is 35.5. The Balaban J connectivity index is 1.66. The number of nitrogens with one attached hydrogen (secondary N) is 2. The van der Waals surface area contributed by atoms with Gasteiger partial charge in [-0.3, -0.25) is 4.79 Å². The molecule has 0 atom stereocenters. The Kier molecular flexibility index (Phi) is 6.34. The first-order valence-corrected chi connectivity index (χ1v) is 8.94. The summed E-state index contributed by atoms with van der Waals surface area (Å²) in [5.74, 6) is 1.61. The molecule has 7 heteroatoms. The topological polar surface area (TPSA) is 72.5 Å². The van der Waals surface area contributed by atoms with Gasteiger partial charge in [0.1, 0.15) is 5.82 Å². The van der Waals surface area contributed by atoms with Crippen LogP contribution in [0.4, 0.5) is 11.5 Å². The molecule has 0 aliphatic rings. The lowest BCUT2D eigenvalue weighted by molar-refractivity contribution is 0.0951. The number of amides is 1. The van der Waals surface area contributed by atoms with Gasteiger partial charge in [0, 0.05) is 29.0 Å². The number of methoxy groups -OCH3 is 2. The van der Waals surface area contributed by atoms with Crippen LogP contribution in [-0.2, 0) is 6.54 Å². The van der Waals surface area contributed by atoms with Gasteiger partial charge in [0.25, 0.3) is 5.91 Å². The Hall–Kier alpha value is -3.25. The molecule has 0 saturated heterocycles. The first-order chi connectivity index (χ1) is 13.6. The Morgan fingerprint density at radius 2 is 1.86 bits per heavy atom. The van der Waals surface area contributed by atoms with E-state index < -0.39 is 0 Å². The van der Waals surface area contributed by atoms with Gasteiger partial charge in [-0.1, -0.05) is 23.7 Å². The number of hydrogen-bond donors (Lipinski definition) is 2. The number of carbonyl (C=O) groups excluding carboxylic acids is 1. The van der Waals surface area contributed by atoms with Crippen molar-refractivity contribution in [3.05, 3.63) is 76.9 Å². The van der Waals surface area contributed by atoms with E-state index in [0.717, 1.165) is 11.3 Å². The van der Waals surface area contributed by atoms with E-state index in [2.05, 4.69) is 15.6 Å². The van der Waals surface area contributed by atoms with E-state index in [1.807, 2.05) is 24.3 Å². The number of carbonyl (C=O) groups is 1. The zero-order valence-corrected chi connectivity index (χ0v) is 16.3. The molecule has 0 spiro atoms. The van der Waals surface area contributed by atoms with Gasteiger partial charge in [0.05, 0.1) is 14.2 Å². The maximum absolute atomic E-state index is 12.5. The number of benzene rings is 2. The zero-order valence-electron chi connectivity index (χ0n) is 15.5. The molecule has 0 bridgehead atoms. The van der Waals surface area contributed by atoms with Gasteiger partial charge < -0.3 is 20.1 Å². The Labute approximate surface area is 168 Å². The van der Waals surface area contributed by atoms with Gasteiger partial charge in [0.2, 0.25) is 0 Å². The van der Waals surface area contributed by atoms with E-state index >= 15 is 0 Å². The van der Waals surface area contributed by atoms with Gasteiger partial charge >= 0.3 is 0 Å². The molecular formula is C21H20ClN3O3. The van der Waals surface area contributed by atoms with Crippen molar-refractivity contribution in [2.75, 3.05) is 19.5 Å². The number of ether oxygens (including phenoxy) is 2. The smallest absolute Gasteiger partial charge is 0.251 e. The highest BCUT2D eigenvalue weighted by Crippen LogP contribution is 2.27. The van der Waals surface area contributed by atoms with Crippen molar-refractivity contribution >= 4 is 29.0 Å². The Morgan fingerprint density at radius 1 is 1.04 bits per heavy atom. The summed E-state index contributed by atoms with van der Waals surface area (Å²) in [4.78, 5) is 16.8. The Morgan fingerprint density at radius 3 is 2.61 bits per heavy atom. The molecule has 28 heavy (non-hydrogen) atoms. The molecule has 1 aromatic heterocycles. The van der Waals surface area contributed by atoms with Crippen LogP contribution >= 0.6 is 11.6 Å². The standard InChI is InChI=1S/C21H20ClN3O3/c1-27-18-7-6-14(10-19(18)28-2)13-24-21(26)15-8-9-23-20(11-15)25-17-5-3-4-16(22)12-17/h3-12H,13H2,1-2H3,(H,23,25)(H,24,26). The van der Waals surface area contributed by atoms with Gasteiger partial charge in [-0.2, -0.15) is 0 Å². The largest absolute Gasteiger partial charge is 0.493 e. The van der Waals surface area contributed by atoms with Crippen molar-refractivity contribution in [3.63, 3.8) is 0 Å². The molecule has 0 saturated carbocycles. The van der Waals surface area contributed by atoms with Crippen molar-refractivity contribution in [2.45, 2.75) is 6.54 Å². The van der Waals surface area contributed by atoms with Gasteiger partial charge in [-0.05, 0) is 48.0 Å². The first-order valence-electron chi connectivity index (χ1n) is 8.57. The van der Waals surface area contributed by atoms with Crippen LogP contribution in [0.2, 0.25) is 5.02 Å². The van der Waals surface area contributed by atoms with Crippen LogP contribution in [0.1, 0.15) is 15.9 Å². The van der Waals surface area contributed by atoms with Crippen LogP contribution in [-0.4, -0.2) is 25.1 Å². The fourth-order valence-corrected chi connectivity index (χ4v) is 2.82. The summed E-state index contributed by atoms with van der Waals surface area (Å²) in [6.45, 7) is 0.360. The molecule has 3 rings (SSSR count). The normalized spacial score (nSPS) is 10.2. The third kappa shape index (κ3) is 4.92. The van der Waals surface area contributed by atoms with Crippen LogP contribution in [0.3, 0.4) is 0 Å². The second-order valence-electron chi connectivity index (χ2n) is 5.94. The van der Waals surface area contributed by atoms with Crippen molar-refractivity contribution in [3.8, 4) is 11.5 Å². The highest BCUT2D eigenvalue weighted by Gasteiger charge is 2.09. The van der Waals surface area contributed by atoms with Crippen molar-refractivity contribution < 1.29 is 14.3 Å². The molecular weight excluding hydrogens is 378 g/mol. The Bertz CT molecular complexity index is 979. The van der Waals surface area contributed by atoms with Crippen molar-refractivity contribution in [2.24, 2.45) is 0 Å². The number of aromatic nitrogens is 1. The quantitative estimate of drug-likeness (QED) is 0.617. The van der Waals surface area contributed by atoms with E-state index in [1.54, 1.807) is 50.7 Å². The molecule has 2 N–H and O–H groups in total. The zero-order chi connectivity index (χ0) is 19.9. The molecule has 0 radical (unpaired) electrons. The van der Waals surface area contributed by atoms with E-state index in [4.69, 9.17) is 21.1 Å². The van der Waals surface area contributed by atoms with Crippen LogP contribution < -0.4 is 20.1 Å². The number of halogens is 1. The summed E-state index contributed by atoms with van der Waals surface area (Å²) >= 11 is 5.99. The second-order valence-corrected chi connectivity index (χ2v) is 6.37. The van der Waals surface area contributed by atoms with Crippen LogP contribution in [0.5, 0.6) is 11.5 Å². The van der Waals surface area contributed by atoms with Gasteiger partial charge in [0.15, 0.2) is 11.5 Å². The predicted octanol–water partition coefficient (Wildman–Crippen LogP) is 4.43. The molecule has 0 fully saturated rings. The molecule has 1 heterocycles. The molecule has 0 unspecified atom stereocenters. The summed E-state index contributed by atoms with van der Waals surface area (Å²) in [6.07, 6.45) is 1.58. The number of pyridine rings is 1. The molecule has 2 aromatic carbocycles. The maximum Gasteiger partial charge on any atom is 0.251 e. The number of anilines is 2. The summed E-state index contributed by atoms with van der Waals surface area (Å²) in [5.41, 5.74) is 2.19. The van der Waals surface area contributed by atoms with E-state index in [-0.39, 0.29) is 5.91 Å². The summed E-state index contributed by atoms with van der Waals surface area (Å²) in [5, 5.41) is 6.65. The molecule has 1 amide bonds. The van der Waals surface area contributed by atoms with Crippen molar-refractivity contribution in [1.82, 2.24) is 10.3 Å². The average Bonchev–Trinajstić information content (AvgIpc) is 2.72. The van der Waals surface area contributed by atoms with Crippen LogP contribution in [0.25, 0.3) is 0 Å². The van der Waals surface area contributed by atoms with E-state index in [9.17, 15) is 4.79 Å². The fourth-order valence-electron chi connectivity index (χ4n) is 2.63. The summed E-state index contributed by atoms with van der Waals surface area (Å²) in [6, 6.07) is 16.1. The minimum Gasteiger partial charge on any atom is -0.493 e. The lowest BCUT2D eigenvalue weighted by atomic mass is 10.2. The fraction of sp³-hybridized carbons (Fsp3) is 0.143. The average molecular weight is 398 g/mol. The third-order valence-electron chi connectivity index (χ3n) is 4.02. The molecule has 0 aliphatic carbocycles. The summed E-state index contributed by atoms with van der Waals surface area (Å²) < 4.78 is 10.5. The predicted molar refractivity (Wildman–Crippen MR) is 110 cm³/mol. The summed E-state index contributed by atoms with van der Waals surface area (Å²) in [7, 11) is 3.16.